The Kier molecular flexibility index (Phi) is 4.21. The van der Waals surface area contributed by atoms with E-state index >= 15 is 0 Å². The molecule has 0 aliphatic heterocycles. The van der Waals surface area contributed by atoms with Crippen molar-refractivity contribution in [2.45, 2.75) is 58.4 Å². The number of rotatable bonds is 6. The maximum absolute atomic E-state index is 4.70. The van der Waals surface area contributed by atoms with Crippen molar-refractivity contribution < 1.29 is 0 Å². The van der Waals surface area contributed by atoms with Crippen LogP contribution in [-0.4, -0.2) is 11.5 Å². The minimum atomic E-state index is 0.0972. The van der Waals surface area contributed by atoms with Crippen LogP contribution in [0.25, 0.3) is 0 Å². The molecule has 3 heteroatoms. The minimum absolute atomic E-state index is 0.0972. The highest BCUT2D eigenvalue weighted by atomic mass is 32.1. The molecule has 0 bridgehead atoms. The standard InChI is InChI=1S/C14H24N2S/c1-4-8-15-14(3,9-12-6-5-7-12)13-16-11(2)10-17-13/h10,12,15H,4-9H2,1-3H3. The topological polar surface area (TPSA) is 24.9 Å². The summed E-state index contributed by atoms with van der Waals surface area (Å²) in [6.07, 6.45) is 6.68. The smallest absolute Gasteiger partial charge is 0.113 e. The molecular formula is C14H24N2S. The first-order chi connectivity index (χ1) is 8.14. The highest BCUT2D eigenvalue weighted by Gasteiger charge is 2.34. The Morgan fingerprint density at radius 1 is 1.53 bits per heavy atom. The minimum Gasteiger partial charge on any atom is -0.306 e. The summed E-state index contributed by atoms with van der Waals surface area (Å²) < 4.78 is 0. The average Bonchev–Trinajstić information content (AvgIpc) is 2.68. The fourth-order valence-electron chi connectivity index (χ4n) is 2.52. The average molecular weight is 252 g/mol. The van der Waals surface area contributed by atoms with Crippen molar-refractivity contribution in [3.63, 3.8) is 0 Å². The van der Waals surface area contributed by atoms with E-state index in [1.807, 2.05) is 11.3 Å². The lowest BCUT2D eigenvalue weighted by molar-refractivity contribution is 0.203. The van der Waals surface area contributed by atoms with Crippen LogP contribution in [0, 0.1) is 12.8 Å². The van der Waals surface area contributed by atoms with Crippen LogP contribution in [0.4, 0.5) is 0 Å². The summed E-state index contributed by atoms with van der Waals surface area (Å²) >= 11 is 1.81. The molecule has 0 spiro atoms. The van der Waals surface area contributed by atoms with Crippen molar-refractivity contribution in [2.24, 2.45) is 5.92 Å². The Morgan fingerprint density at radius 2 is 2.29 bits per heavy atom. The summed E-state index contributed by atoms with van der Waals surface area (Å²) in [5.41, 5.74) is 1.25. The molecule has 1 atom stereocenters. The van der Waals surface area contributed by atoms with E-state index in [9.17, 15) is 0 Å². The molecule has 0 amide bonds. The van der Waals surface area contributed by atoms with Gasteiger partial charge in [0.2, 0.25) is 0 Å². The summed E-state index contributed by atoms with van der Waals surface area (Å²) in [6, 6.07) is 0. The van der Waals surface area contributed by atoms with E-state index in [0.29, 0.717) is 0 Å². The molecule has 0 radical (unpaired) electrons. The molecule has 2 rings (SSSR count). The maximum Gasteiger partial charge on any atom is 0.113 e. The molecule has 17 heavy (non-hydrogen) atoms. The zero-order chi connectivity index (χ0) is 12.3. The van der Waals surface area contributed by atoms with Crippen LogP contribution in [0.5, 0.6) is 0 Å². The third kappa shape index (κ3) is 3.08. The number of hydrogen-bond donors (Lipinski definition) is 1. The van der Waals surface area contributed by atoms with Crippen LogP contribution in [0.2, 0.25) is 0 Å². The Balaban J connectivity index is 2.09. The molecule has 1 saturated carbocycles. The largest absolute Gasteiger partial charge is 0.306 e. The number of hydrogen-bond acceptors (Lipinski definition) is 3. The van der Waals surface area contributed by atoms with Gasteiger partial charge in [-0.3, -0.25) is 0 Å². The zero-order valence-corrected chi connectivity index (χ0v) is 12.1. The lowest BCUT2D eigenvalue weighted by atomic mass is 9.76. The summed E-state index contributed by atoms with van der Waals surface area (Å²) in [6.45, 7) is 7.73. The van der Waals surface area contributed by atoms with Crippen molar-refractivity contribution in [1.29, 1.82) is 0 Å². The third-order valence-corrected chi connectivity index (χ3v) is 5.00. The number of nitrogens with zero attached hydrogens (tertiary/aromatic N) is 1. The van der Waals surface area contributed by atoms with Crippen molar-refractivity contribution in [3.05, 3.63) is 16.1 Å². The summed E-state index contributed by atoms with van der Waals surface area (Å²) in [4.78, 5) is 4.70. The summed E-state index contributed by atoms with van der Waals surface area (Å²) in [5.74, 6) is 0.911. The van der Waals surface area contributed by atoms with Gasteiger partial charge in [0.15, 0.2) is 0 Å². The molecule has 2 nitrogen and oxygen atoms in total. The Labute approximate surface area is 109 Å². The predicted molar refractivity (Wildman–Crippen MR) is 74.5 cm³/mol. The molecule has 0 saturated heterocycles. The summed E-state index contributed by atoms with van der Waals surface area (Å²) in [7, 11) is 0. The van der Waals surface area contributed by atoms with Gasteiger partial charge in [0.25, 0.3) is 0 Å². The van der Waals surface area contributed by atoms with Gasteiger partial charge in [0, 0.05) is 11.1 Å². The molecule has 1 aromatic heterocycles. The molecule has 1 N–H and O–H groups in total. The van der Waals surface area contributed by atoms with Gasteiger partial charge in [-0.1, -0.05) is 26.2 Å². The van der Waals surface area contributed by atoms with Crippen LogP contribution < -0.4 is 5.32 Å². The second-order valence-electron chi connectivity index (χ2n) is 5.55. The normalized spacial score (nSPS) is 19.9. The highest BCUT2D eigenvalue weighted by Crippen LogP contribution is 2.38. The Morgan fingerprint density at radius 3 is 2.76 bits per heavy atom. The van der Waals surface area contributed by atoms with Gasteiger partial charge in [0.1, 0.15) is 5.01 Å². The quantitative estimate of drug-likeness (QED) is 0.831. The maximum atomic E-state index is 4.70. The summed E-state index contributed by atoms with van der Waals surface area (Å²) in [5, 5.41) is 7.16. The first-order valence-electron chi connectivity index (χ1n) is 6.81. The molecule has 1 fully saturated rings. The van der Waals surface area contributed by atoms with Crippen LogP contribution in [-0.2, 0) is 5.54 Å². The van der Waals surface area contributed by atoms with Crippen molar-refractivity contribution in [1.82, 2.24) is 10.3 Å². The Bertz CT molecular complexity index is 357. The van der Waals surface area contributed by atoms with Crippen LogP contribution in [0.15, 0.2) is 5.38 Å². The zero-order valence-electron chi connectivity index (χ0n) is 11.3. The third-order valence-electron chi connectivity index (χ3n) is 3.78. The van der Waals surface area contributed by atoms with Gasteiger partial charge in [-0.05, 0) is 39.2 Å². The van der Waals surface area contributed by atoms with Crippen molar-refractivity contribution >= 4 is 11.3 Å². The molecule has 1 aliphatic carbocycles. The van der Waals surface area contributed by atoms with Gasteiger partial charge in [-0.2, -0.15) is 0 Å². The van der Waals surface area contributed by atoms with Crippen LogP contribution in [0.3, 0.4) is 0 Å². The second-order valence-corrected chi connectivity index (χ2v) is 6.41. The lowest BCUT2D eigenvalue weighted by Gasteiger charge is -2.36. The number of nitrogens with one attached hydrogen (secondary N) is 1. The highest BCUT2D eigenvalue weighted by molar-refractivity contribution is 7.09. The first kappa shape index (κ1) is 13.0. The van der Waals surface area contributed by atoms with Crippen LogP contribution >= 0.6 is 11.3 Å². The molecular weight excluding hydrogens is 228 g/mol. The lowest BCUT2D eigenvalue weighted by Crippen LogP contribution is -2.42. The van der Waals surface area contributed by atoms with Crippen LogP contribution in [0.1, 0.15) is 56.7 Å². The van der Waals surface area contributed by atoms with Gasteiger partial charge in [-0.15, -0.1) is 11.3 Å². The predicted octanol–water partition coefficient (Wildman–Crippen LogP) is 3.86. The molecule has 1 aliphatic rings. The van der Waals surface area contributed by atoms with E-state index in [1.165, 1.54) is 37.1 Å². The van der Waals surface area contributed by atoms with E-state index < -0.39 is 0 Å². The van der Waals surface area contributed by atoms with Gasteiger partial charge < -0.3 is 5.32 Å². The first-order valence-corrected chi connectivity index (χ1v) is 7.69. The van der Waals surface area contributed by atoms with E-state index in [4.69, 9.17) is 4.98 Å². The van der Waals surface area contributed by atoms with E-state index in [2.05, 4.69) is 31.5 Å². The molecule has 1 unspecified atom stereocenters. The van der Waals surface area contributed by atoms with E-state index in [1.54, 1.807) is 0 Å². The fourth-order valence-corrected chi connectivity index (χ4v) is 3.46. The number of aromatic nitrogens is 1. The second kappa shape index (κ2) is 5.49. The number of aryl methyl sites for hydroxylation is 1. The molecule has 0 aromatic carbocycles. The van der Waals surface area contributed by atoms with E-state index in [-0.39, 0.29) is 5.54 Å². The number of thiazole rings is 1. The molecule has 1 heterocycles. The van der Waals surface area contributed by atoms with E-state index in [0.717, 1.165) is 18.2 Å². The van der Waals surface area contributed by atoms with Crippen molar-refractivity contribution in [2.75, 3.05) is 6.54 Å². The van der Waals surface area contributed by atoms with Gasteiger partial charge in [0.05, 0.1) is 5.54 Å². The van der Waals surface area contributed by atoms with Gasteiger partial charge >= 0.3 is 0 Å². The fraction of sp³-hybridized carbons (Fsp3) is 0.786. The monoisotopic (exact) mass is 252 g/mol. The SMILES string of the molecule is CCCNC(C)(CC1CCC1)c1nc(C)cs1. The molecule has 1 aromatic rings. The Hall–Kier alpha value is -0.410. The van der Waals surface area contributed by atoms with Crippen molar-refractivity contribution in [3.8, 4) is 0 Å². The molecule has 96 valence electrons. The van der Waals surface area contributed by atoms with Gasteiger partial charge in [-0.25, -0.2) is 4.98 Å².